The van der Waals surface area contributed by atoms with Crippen LogP contribution in [0, 0.1) is 0 Å². The maximum atomic E-state index is 12.7. The van der Waals surface area contributed by atoms with Crippen LogP contribution in [-0.2, 0) is 9.53 Å². The van der Waals surface area contributed by atoms with Crippen molar-refractivity contribution in [1.82, 2.24) is 0 Å². The highest BCUT2D eigenvalue weighted by Crippen LogP contribution is 2.34. The van der Waals surface area contributed by atoms with E-state index in [-0.39, 0.29) is 18.6 Å². The molecule has 0 aromatic rings. The molecule has 0 radical (unpaired) electrons. The van der Waals surface area contributed by atoms with Crippen LogP contribution in [0.4, 0.5) is 8.78 Å². The van der Waals surface area contributed by atoms with Gasteiger partial charge in [0.15, 0.2) is 5.78 Å². The van der Waals surface area contributed by atoms with E-state index in [0.717, 1.165) is 0 Å². The fourth-order valence-corrected chi connectivity index (χ4v) is 1.42. The highest BCUT2D eigenvalue weighted by molar-refractivity contribution is 5.86. The summed E-state index contributed by atoms with van der Waals surface area (Å²) in [6.07, 6.45) is 0.198. The Morgan fingerprint density at radius 1 is 1.46 bits per heavy atom. The van der Waals surface area contributed by atoms with Gasteiger partial charge >= 0.3 is 0 Å². The fourth-order valence-electron chi connectivity index (χ4n) is 1.42. The summed E-state index contributed by atoms with van der Waals surface area (Å²) in [5, 5.41) is 0. The first kappa shape index (κ1) is 10.6. The Morgan fingerprint density at radius 2 is 2.08 bits per heavy atom. The van der Waals surface area contributed by atoms with Gasteiger partial charge in [0.25, 0.3) is 5.92 Å². The van der Waals surface area contributed by atoms with Crippen molar-refractivity contribution in [3.8, 4) is 0 Å². The van der Waals surface area contributed by atoms with Gasteiger partial charge in [0, 0.05) is 12.8 Å². The van der Waals surface area contributed by atoms with Crippen LogP contribution in [0.2, 0.25) is 0 Å². The van der Waals surface area contributed by atoms with E-state index in [1.165, 1.54) is 0 Å². The molecule has 0 amide bonds. The number of Topliss-reactive ketones (excluding diaryl/α,β-unsaturated/α-hetero) is 1. The van der Waals surface area contributed by atoms with Crippen LogP contribution >= 0.6 is 0 Å². The Hall–Kier alpha value is -0.510. The van der Waals surface area contributed by atoms with Crippen molar-refractivity contribution >= 4 is 5.78 Å². The molecule has 1 rings (SSSR count). The van der Waals surface area contributed by atoms with Crippen molar-refractivity contribution in [3.05, 3.63) is 0 Å². The Morgan fingerprint density at radius 3 is 2.46 bits per heavy atom. The average Bonchev–Trinajstić information content (AvgIpc) is 2.09. The van der Waals surface area contributed by atoms with Gasteiger partial charge in [-0.25, -0.2) is 8.78 Å². The third kappa shape index (κ3) is 2.24. The van der Waals surface area contributed by atoms with Crippen LogP contribution in [0.25, 0.3) is 0 Å². The standard InChI is InChI=1S/C9H14F2O2/c1-3-7(12)8(2)4-5-9(10,11)6-13-8/h3-6H2,1-2H3/t8-/m1/s1. The number of carbonyl (C=O) groups excluding carboxylic acids is 1. The molecule has 0 N–H and O–H groups in total. The van der Waals surface area contributed by atoms with E-state index in [0.29, 0.717) is 6.42 Å². The zero-order valence-electron chi connectivity index (χ0n) is 7.90. The van der Waals surface area contributed by atoms with Crippen LogP contribution in [0.15, 0.2) is 0 Å². The van der Waals surface area contributed by atoms with Gasteiger partial charge in [0.2, 0.25) is 0 Å². The molecule has 1 saturated heterocycles. The molecule has 2 nitrogen and oxygen atoms in total. The number of rotatable bonds is 2. The molecule has 0 saturated carbocycles. The Bertz CT molecular complexity index is 204. The quantitative estimate of drug-likeness (QED) is 0.670. The molecule has 0 bridgehead atoms. The molecule has 1 heterocycles. The molecule has 1 aliphatic rings. The largest absolute Gasteiger partial charge is 0.361 e. The van der Waals surface area contributed by atoms with Crippen LogP contribution in [0.3, 0.4) is 0 Å². The monoisotopic (exact) mass is 192 g/mol. The van der Waals surface area contributed by atoms with Gasteiger partial charge in [-0.15, -0.1) is 0 Å². The van der Waals surface area contributed by atoms with Gasteiger partial charge < -0.3 is 4.74 Å². The summed E-state index contributed by atoms with van der Waals surface area (Å²) < 4.78 is 30.3. The normalized spacial score (nSPS) is 32.9. The highest BCUT2D eigenvalue weighted by Gasteiger charge is 2.44. The second kappa shape index (κ2) is 3.33. The molecule has 1 fully saturated rings. The molecular formula is C9H14F2O2. The van der Waals surface area contributed by atoms with E-state index in [1.807, 2.05) is 0 Å². The lowest BCUT2D eigenvalue weighted by Crippen LogP contribution is -2.47. The first-order chi connectivity index (χ1) is 5.90. The minimum atomic E-state index is -2.76. The van der Waals surface area contributed by atoms with Crippen molar-refractivity contribution in [1.29, 1.82) is 0 Å². The predicted molar refractivity (Wildman–Crippen MR) is 43.8 cm³/mol. The van der Waals surface area contributed by atoms with E-state index in [4.69, 9.17) is 4.74 Å². The molecular weight excluding hydrogens is 178 g/mol. The molecule has 13 heavy (non-hydrogen) atoms. The average molecular weight is 192 g/mol. The molecule has 76 valence electrons. The van der Waals surface area contributed by atoms with Crippen LogP contribution < -0.4 is 0 Å². The Labute approximate surface area is 76.3 Å². The first-order valence-corrected chi connectivity index (χ1v) is 4.45. The molecule has 0 unspecified atom stereocenters. The molecule has 0 aromatic carbocycles. The SMILES string of the molecule is CCC(=O)[C@@]1(C)CCC(F)(F)CO1. The fraction of sp³-hybridized carbons (Fsp3) is 0.889. The van der Waals surface area contributed by atoms with Crippen molar-refractivity contribution < 1.29 is 18.3 Å². The lowest BCUT2D eigenvalue weighted by Gasteiger charge is -2.35. The lowest BCUT2D eigenvalue weighted by molar-refractivity contribution is -0.187. The van der Waals surface area contributed by atoms with Crippen molar-refractivity contribution in [2.24, 2.45) is 0 Å². The third-order valence-electron chi connectivity index (χ3n) is 2.48. The van der Waals surface area contributed by atoms with Gasteiger partial charge in [-0.2, -0.15) is 0 Å². The first-order valence-electron chi connectivity index (χ1n) is 4.45. The lowest BCUT2D eigenvalue weighted by atomic mass is 9.89. The van der Waals surface area contributed by atoms with Gasteiger partial charge in [-0.3, -0.25) is 4.79 Å². The van der Waals surface area contributed by atoms with E-state index >= 15 is 0 Å². The van der Waals surface area contributed by atoms with Gasteiger partial charge in [0.05, 0.1) is 0 Å². The van der Waals surface area contributed by atoms with Crippen LogP contribution in [-0.4, -0.2) is 23.9 Å². The summed E-state index contributed by atoms with van der Waals surface area (Å²) in [6.45, 7) is 2.67. The zero-order valence-corrected chi connectivity index (χ0v) is 7.90. The number of hydrogen-bond donors (Lipinski definition) is 0. The Balaban J connectivity index is 2.61. The van der Waals surface area contributed by atoms with Crippen LogP contribution in [0.5, 0.6) is 0 Å². The summed E-state index contributed by atoms with van der Waals surface area (Å²) in [7, 11) is 0. The molecule has 0 aromatic heterocycles. The second-order valence-electron chi connectivity index (χ2n) is 3.65. The Kier molecular flexibility index (Phi) is 2.71. The molecule has 4 heteroatoms. The van der Waals surface area contributed by atoms with Gasteiger partial charge in [-0.1, -0.05) is 6.92 Å². The summed E-state index contributed by atoms with van der Waals surface area (Å²) in [6, 6.07) is 0. The molecule has 0 aliphatic carbocycles. The third-order valence-corrected chi connectivity index (χ3v) is 2.48. The number of halogens is 2. The van der Waals surface area contributed by atoms with E-state index in [1.54, 1.807) is 13.8 Å². The molecule has 1 aliphatic heterocycles. The maximum Gasteiger partial charge on any atom is 0.271 e. The maximum absolute atomic E-state index is 12.7. The van der Waals surface area contributed by atoms with E-state index in [2.05, 4.69) is 0 Å². The highest BCUT2D eigenvalue weighted by atomic mass is 19.3. The minimum Gasteiger partial charge on any atom is -0.361 e. The summed E-state index contributed by atoms with van der Waals surface area (Å²) in [5.74, 6) is -2.85. The molecule has 0 spiro atoms. The zero-order chi connectivity index (χ0) is 10.1. The number of carbonyl (C=O) groups is 1. The van der Waals surface area contributed by atoms with Crippen molar-refractivity contribution in [2.75, 3.05) is 6.61 Å². The number of hydrogen-bond acceptors (Lipinski definition) is 2. The number of alkyl halides is 2. The van der Waals surface area contributed by atoms with Crippen LogP contribution in [0.1, 0.15) is 33.1 Å². The van der Waals surface area contributed by atoms with E-state index in [9.17, 15) is 13.6 Å². The number of ketones is 1. The topological polar surface area (TPSA) is 26.3 Å². The van der Waals surface area contributed by atoms with E-state index < -0.39 is 18.1 Å². The number of ether oxygens (including phenoxy) is 1. The van der Waals surface area contributed by atoms with Gasteiger partial charge in [-0.05, 0) is 13.3 Å². The summed E-state index contributed by atoms with van der Waals surface area (Å²) in [4.78, 5) is 11.3. The van der Waals surface area contributed by atoms with Crippen molar-refractivity contribution in [2.45, 2.75) is 44.6 Å². The summed E-state index contributed by atoms with van der Waals surface area (Å²) >= 11 is 0. The predicted octanol–water partition coefficient (Wildman–Crippen LogP) is 2.17. The van der Waals surface area contributed by atoms with Gasteiger partial charge in [0.1, 0.15) is 12.2 Å². The summed E-state index contributed by atoms with van der Waals surface area (Å²) in [5.41, 5.74) is -0.976. The molecule has 1 atom stereocenters. The second-order valence-corrected chi connectivity index (χ2v) is 3.65. The smallest absolute Gasteiger partial charge is 0.271 e. The van der Waals surface area contributed by atoms with Crippen molar-refractivity contribution in [3.63, 3.8) is 0 Å². The minimum absolute atomic E-state index is 0.0944.